The third kappa shape index (κ3) is 78.8. The summed E-state index contributed by atoms with van der Waals surface area (Å²) in [6.07, 6.45) is -2.29. The molecular weight excluding hydrogens is 378 g/mol. The minimum atomic E-state index is -4.62. The number of alkyl halides is 6. The number of ether oxygens (including phenoxy) is 2. The van der Waals surface area contributed by atoms with Gasteiger partial charge in [-0.15, -0.1) is 0 Å². The number of carbonyl (C=O) groups is 1. The van der Waals surface area contributed by atoms with Gasteiger partial charge in [0.2, 0.25) is 0 Å². The Morgan fingerprint density at radius 3 is 1.59 bits per heavy atom. The lowest BCUT2D eigenvalue weighted by molar-refractivity contribution is -0.142. The molecule has 0 aromatic heterocycles. The second kappa shape index (κ2) is 39.7. The van der Waals surface area contributed by atoms with E-state index in [1.165, 1.54) is 6.92 Å². The van der Waals surface area contributed by atoms with Crippen molar-refractivity contribution in [1.29, 1.82) is 0 Å². The summed E-state index contributed by atoms with van der Waals surface area (Å²) in [6.45, 7) is 7.03. The number of esters is 1. The fourth-order valence-corrected chi connectivity index (χ4v) is 0.568. The Morgan fingerprint density at radius 2 is 1.37 bits per heavy atom. The van der Waals surface area contributed by atoms with Gasteiger partial charge >= 0.3 is 12.1 Å². The third-order valence-corrected chi connectivity index (χ3v) is 1.62. The molecule has 0 aliphatic rings. The number of rotatable bonds is 6. The molecule has 0 amide bonds. The normalized spacial score (nSPS) is 8.96. The first kappa shape index (κ1) is 50.1. The van der Waals surface area contributed by atoms with Crippen molar-refractivity contribution in [3.63, 3.8) is 0 Å². The summed E-state index contributed by atoms with van der Waals surface area (Å²) in [5.74, 6) is -0.400. The van der Waals surface area contributed by atoms with Crippen LogP contribution in [-0.4, -0.2) is 52.0 Å². The largest absolute Gasteiger partial charge is 0.460 e. The highest BCUT2D eigenvalue weighted by molar-refractivity contribution is 5.81. The van der Waals surface area contributed by atoms with Gasteiger partial charge in [0.1, 0.15) is 6.61 Å². The van der Waals surface area contributed by atoms with Crippen molar-refractivity contribution in [2.45, 2.75) is 69.2 Å². The topological polar surface area (TPSA) is 35.5 Å². The lowest BCUT2D eigenvalue weighted by atomic mass is 10.3. The molecule has 9 heteroatoms. The van der Waals surface area contributed by atoms with E-state index in [2.05, 4.69) is 6.58 Å². The molecule has 0 aromatic rings. The smallest absolute Gasteiger partial charge is 0.416 e. The van der Waals surface area contributed by atoms with Crippen LogP contribution in [0.25, 0.3) is 0 Å². The maximum absolute atomic E-state index is 10.5. The van der Waals surface area contributed by atoms with E-state index in [9.17, 15) is 31.1 Å². The molecule has 0 N–H and O–H groups in total. The molecule has 0 saturated heterocycles. The monoisotopic (exact) mass is 420 g/mol. The molecule has 0 saturated carbocycles. The van der Waals surface area contributed by atoms with Crippen LogP contribution in [0.3, 0.4) is 0 Å². The quantitative estimate of drug-likeness (QED) is 0.198. The highest BCUT2D eigenvalue weighted by atomic mass is 19.4. The second-order valence-corrected chi connectivity index (χ2v) is 3.48. The van der Waals surface area contributed by atoms with Crippen LogP contribution in [-0.2, 0) is 14.3 Å². The van der Waals surface area contributed by atoms with E-state index in [1.807, 2.05) is 13.8 Å². The third-order valence-electron chi connectivity index (χ3n) is 1.62. The minimum Gasteiger partial charge on any atom is -0.460 e. The molecule has 1 unspecified atom stereocenters. The van der Waals surface area contributed by atoms with Crippen molar-refractivity contribution in [2.24, 2.45) is 0 Å². The Bertz CT molecular complexity index is 250. The van der Waals surface area contributed by atoms with Gasteiger partial charge in [0.15, 0.2) is 6.67 Å². The molecule has 0 spiro atoms. The maximum atomic E-state index is 10.5. The van der Waals surface area contributed by atoms with Crippen LogP contribution in [0.5, 0.6) is 0 Å². The summed E-state index contributed by atoms with van der Waals surface area (Å²) in [5.41, 5.74) is 0. The second-order valence-electron chi connectivity index (χ2n) is 3.48. The van der Waals surface area contributed by atoms with Crippen LogP contribution in [0.15, 0.2) is 12.7 Å². The molecule has 0 bridgehead atoms. The lowest BCUT2D eigenvalue weighted by Crippen LogP contribution is -2.13. The summed E-state index contributed by atoms with van der Waals surface area (Å²) in [6, 6.07) is 0. The van der Waals surface area contributed by atoms with Crippen molar-refractivity contribution in [2.75, 3.05) is 33.7 Å². The van der Waals surface area contributed by atoms with Gasteiger partial charge in [0, 0.05) is 6.08 Å². The van der Waals surface area contributed by atoms with Gasteiger partial charge in [0.25, 0.3) is 0 Å². The van der Waals surface area contributed by atoms with E-state index in [4.69, 9.17) is 9.47 Å². The van der Waals surface area contributed by atoms with Gasteiger partial charge in [0.05, 0.1) is 26.6 Å². The van der Waals surface area contributed by atoms with Crippen molar-refractivity contribution in [1.82, 2.24) is 0 Å². The zero-order valence-corrected chi connectivity index (χ0v) is 13.9. The number of carbonyl (C=O) groups excluding carboxylic acids is 1. The molecule has 0 radical (unpaired) electrons. The minimum absolute atomic E-state index is 0. The average molecular weight is 421 g/mol. The summed E-state index contributed by atoms with van der Waals surface area (Å²) < 4.78 is 71.4. The SMILES string of the molecule is C.C.C.C.C=CC(=O)OCCOC(C)CC.CCF.CF.FCC(F)(F)F. The molecule has 3 nitrogen and oxygen atoms in total. The lowest BCUT2D eigenvalue weighted by Gasteiger charge is -2.09. The molecule has 0 heterocycles. The van der Waals surface area contributed by atoms with E-state index in [0.29, 0.717) is 20.4 Å². The number of halogens is 6. The zero-order valence-electron chi connectivity index (χ0n) is 13.9. The van der Waals surface area contributed by atoms with Gasteiger partial charge in [-0.1, -0.05) is 43.2 Å². The first-order chi connectivity index (χ1) is 10.7. The molecule has 174 valence electrons. The number of hydrogen-bond acceptors (Lipinski definition) is 3. The van der Waals surface area contributed by atoms with E-state index in [-0.39, 0.29) is 42.5 Å². The van der Waals surface area contributed by atoms with Crippen molar-refractivity contribution < 1.29 is 40.6 Å². The van der Waals surface area contributed by atoms with Gasteiger partial charge in [-0.25, -0.2) is 9.18 Å². The summed E-state index contributed by atoms with van der Waals surface area (Å²) in [5, 5.41) is 0. The molecule has 0 fully saturated rings. The Kier molecular flexibility index (Phi) is 73.6. The molecule has 0 aliphatic carbocycles. The predicted octanol–water partition coefficient (Wildman–Crippen LogP) is 7.15. The van der Waals surface area contributed by atoms with Crippen LogP contribution in [0.4, 0.5) is 26.3 Å². The molecule has 0 aromatic carbocycles. The van der Waals surface area contributed by atoms with E-state index < -0.39 is 18.8 Å². The number of hydrogen-bond donors (Lipinski definition) is 0. The van der Waals surface area contributed by atoms with Gasteiger partial charge < -0.3 is 9.47 Å². The summed E-state index contributed by atoms with van der Waals surface area (Å²) in [7, 11) is 0.500. The van der Waals surface area contributed by atoms with Gasteiger partial charge in [-0.3, -0.25) is 8.78 Å². The van der Waals surface area contributed by atoms with Gasteiger partial charge in [-0.05, 0) is 20.3 Å². The molecule has 27 heavy (non-hydrogen) atoms. The zero-order chi connectivity index (χ0) is 19.3. The first-order valence-corrected chi connectivity index (χ1v) is 6.65. The van der Waals surface area contributed by atoms with Crippen molar-refractivity contribution >= 4 is 5.97 Å². The first-order valence-electron chi connectivity index (χ1n) is 6.65. The van der Waals surface area contributed by atoms with E-state index >= 15 is 0 Å². The predicted molar refractivity (Wildman–Crippen MR) is 104 cm³/mol. The highest BCUT2D eigenvalue weighted by Crippen LogP contribution is 2.13. The standard InChI is InChI=1S/C9H16O3.C2H2F4.C2H5F.CH3F.4CH4/c1-4-8(3)11-6-7-12-9(10)5-2;3-1-2(4,5)6;1-2-3;1-2;;;;/h5,8H,2,4,6-7H2,1,3H3;1H2;2H2,1H3;1H3;4*1H4. The molecule has 0 aliphatic heterocycles. The summed E-state index contributed by atoms with van der Waals surface area (Å²) in [4.78, 5) is 10.5. The molecule has 0 rings (SSSR count). The van der Waals surface area contributed by atoms with E-state index in [1.54, 1.807) is 0 Å². The van der Waals surface area contributed by atoms with Crippen LogP contribution >= 0.6 is 0 Å². The van der Waals surface area contributed by atoms with Crippen LogP contribution in [0.2, 0.25) is 0 Å². The van der Waals surface area contributed by atoms with Crippen LogP contribution < -0.4 is 0 Å². The Labute approximate surface area is 163 Å². The van der Waals surface area contributed by atoms with Crippen molar-refractivity contribution in [3.05, 3.63) is 12.7 Å². The highest BCUT2D eigenvalue weighted by Gasteiger charge is 2.26. The fourth-order valence-electron chi connectivity index (χ4n) is 0.568. The van der Waals surface area contributed by atoms with Crippen LogP contribution in [0.1, 0.15) is 56.9 Å². The van der Waals surface area contributed by atoms with Crippen LogP contribution in [0, 0.1) is 0 Å². The Hall–Kier alpha value is -1.25. The molecular formula is C18H42F6O3. The van der Waals surface area contributed by atoms with Crippen molar-refractivity contribution in [3.8, 4) is 0 Å². The fraction of sp³-hybridized carbons (Fsp3) is 0.833. The summed E-state index contributed by atoms with van der Waals surface area (Å²) >= 11 is 0. The maximum Gasteiger partial charge on any atom is 0.416 e. The Morgan fingerprint density at radius 1 is 1.04 bits per heavy atom. The van der Waals surface area contributed by atoms with E-state index in [0.717, 1.165) is 12.5 Å². The molecule has 1 atom stereocenters. The average Bonchev–Trinajstić information content (AvgIpc) is 2.53. The Balaban J connectivity index is -0.0000000347. The van der Waals surface area contributed by atoms with Gasteiger partial charge in [-0.2, -0.15) is 13.2 Å².